The number of hydrogen-bond acceptors (Lipinski definition) is 5. The molecule has 0 unspecified atom stereocenters. The summed E-state index contributed by atoms with van der Waals surface area (Å²) in [7, 11) is 2.04. The second-order valence-corrected chi connectivity index (χ2v) is 5.17. The van der Waals surface area contributed by atoms with Gasteiger partial charge in [-0.25, -0.2) is 0 Å². The Labute approximate surface area is 145 Å². The van der Waals surface area contributed by atoms with E-state index in [4.69, 9.17) is 4.74 Å². The lowest BCUT2D eigenvalue weighted by molar-refractivity contribution is -0.00000455. The molecule has 110 valence electrons. The van der Waals surface area contributed by atoms with Crippen LogP contribution < -0.4 is 28.7 Å². The first kappa shape index (κ1) is 16.0. The molecule has 1 aliphatic rings. The first-order valence-corrected chi connectivity index (χ1v) is 7.13. The van der Waals surface area contributed by atoms with E-state index < -0.39 is 0 Å². The van der Waals surface area contributed by atoms with Crippen LogP contribution in [0.5, 0.6) is 5.88 Å². The van der Waals surface area contributed by atoms with E-state index in [1.54, 1.807) is 0 Å². The summed E-state index contributed by atoms with van der Waals surface area (Å²) in [6.45, 7) is 1.34. The highest BCUT2D eigenvalue weighted by atomic mass is 127. The Morgan fingerprint density at radius 1 is 1.24 bits per heavy atom. The van der Waals surface area contributed by atoms with Gasteiger partial charge in [0.25, 0.3) is 5.88 Å². The molecular formula is C15H15IN3OS-. The lowest BCUT2D eigenvalue weighted by Gasteiger charge is -2.18. The number of ether oxygens (including phenoxy) is 1. The van der Waals surface area contributed by atoms with Crippen molar-refractivity contribution in [1.82, 2.24) is 13.6 Å². The minimum absolute atomic E-state index is 0. The fraction of sp³-hybridized carbons (Fsp3) is 0.200. The van der Waals surface area contributed by atoms with E-state index >= 15 is 0 Å². The second kappa shape index (κ2) is 7.56. The standard InChI is InChI=1S/C15H15N3OS.HI/c1-18-9-5-8-13(10-18)14-15(17-20-16-14)19-11-12-6-3-2-4-7-12;/h2-9H,10-11H2,1H3;1H/p-1. The average Bonchev–Trinajstić information content (AvgIpc) is 2.95. The number of benzene rings is 1. The molecule has 6 heteroatoms. The van der Waals surface area contributed by atoms with E-state index in [1.165, 1.54) is 11.7 Å². The van der Waals surface area contributed by atoms with E-state index in [2.05, 4.69) is 19.7 Å². The van der Waals surface area contributed by atoms with E-state index in [1.807, 2.05) is 49.7 Å². The van der Waals surface area contributed by atoms with Crippen molar-refractivity contribution in [3.8, 4) is 5.88 Å². The second-order valence-electron chi connectivity index (χ2n) is 4.64. The Hall–Kier alpha value is -1.41. The lowest BCUT2D eigenvalue weighted by atomic mass is 10.1. The van der Waals surface area contributed by atoms with Crippen molar-refractivity contribution in [3.63, 3.8) is 0 Å². The number of halogens is 1. The molecule has 0 N–H and O–H groups in total. The van der Waals surface area contributed by atoms with Gasteiger partial charge in [-0.15, -0.1) is 4.37 Å². The third kappa shape index (κ3) is 4.04. The van der Waals surface area contributed by atoms with Crippen LogP contribution in [0.1, 0.15) is 11.3 Å². The van der Waals surface area contributed by atoms with Gasteiger partial charge in [-0.1, -0.05) is 36.4 Å². The topological polar surface area (TPSA) is 38.2 Å². The molecule has 4 nitrogen and oxygen atoms in total. The summed E-state index contributed by atoms with van der Waals surface area (Å²) in [5.74, 6) is 0.619. The first-order chi connectivity index (χ1) is 9.83. The zero-order valence-corrected chi connectivity index (χ0v) is 14.5. The van der Waals surface area contributed by atoms with Crippen LogP contribution in [0.15, 0.2) is 48.7 Å². The quantitative estimate of drug-likeness (QED) is 0.662. The van der Waals surface area contributed by atoms with E-state index in [-0.39, 0.29) is 24.0 Å². The van der Waals surface area contributed by atoms with Crippen molar-refractivity contribution in [3.05, 3.63) is 59.9 Å². The molecule has 0 saturated carbocycles. The Balaban J connectivity index is 0.00000161. The Morgan fingerprint density at radius 3 is 2.81 bits per heavy atom. The Morgan fingerprint density at radius 2 is 2.05 bits per heavy atom. The summed E-state index contributed by atoms with van der Waals surface area (Å²) in [5, 5.41) is 0. The van der Waals surface area contributed by atoms with Crippen molar-refractivity contribution in [2.75, 3.05) is 13.6 Å². The van der Waals surface area contributed by atoms with Gasteiger partial charge < -0.3 is 33.6 Å². The summed E-state index contributed by atoms with van der Waals surface area (Å²) in [6, 6.07) is 10.1. The van der Waals surface area contributed by atoms with E-state index in [0.717, 1.165) is 23.4 Å². The predicted molar refractivity (Wildman–Crippen MR) is 80.4 cm³/mol. The zero-order chi connectivity index (χ0) is 13.8. The SMILES string of the molecule is CN1C=CC=C(c2nsnc2OCc2ccccc2)C1.[I-]. The Kier molecular flexibility index (Phi) is 5.75. The maximum Gasteiger partial charge on any atom is 0.254 e. The predicted octanol–water partition coefficient (Wildman–Crippen LogP) is -0.0364. The molecule has 0 radical (unpaired) electrons. The van der Waals surface area contributed by atoms with Crippen LogP contribution in [0.25, 0.3) is 5.57 Å². The fourth-order valence-corrected chi connectivity index (χ4v) is 2.56. The van der Waals surface area contributed by atoms with Gasteiger partial charge in [0.1, 0.15) is 12.3 Å². The zero-order valence-electron chi connectivity index (χ0n) is 11.6. The molecule has 1 aliphatic heterocycles. The molecule has 21 heavy (non-hydrogen) atoms. The van der Waals surface area contributed by atoms with Crippen LogP contribution >= 0.6 is 11.7 Å². The van der Waals surface area contributed by atoms with Crippen molar-refractivity contribution < 1.29 is 28.7 Å². The minimum Gasteiger partial charge on any atom is -1.00 e. The van der Waals surface area contributed by atoms with Crippen LogP contribution in [-0.2, 0) is 6.61 Å². The van der Waals surface area contributed by atoms with Crippen molar-refractivity contribution in [2.24, 2.45) is 0 Å². The largest absolute Gasteiger partial charge is 1.00 e. The minimum atomic E-state index is 0. The first-order valence-electron chi connectivity index (χ1n) is 6.40. The average molecular weight is 412 g/mol. The Bertz CT molecular complexity index is 639. The molecule has 2 heterocycles. The molecule has 2 aromatic rings. The van der Waals surface area contributed by atoms with Gasteiger partial charge in [-0.05, 0) is 17.8 Å². The molecule has 0 aliphatic carbocycles. The van der Waals surface area contributed by atoms with Crippen molar-refractivity contribution >= 4 is 17.3 Å². The van der Waals surface area contributed by atoms with Crippen LogP contribution in [0.4, 0.5) is 0 Å². The molecule has 0 bridgehead atoms. The molecule has 0 spiro atoms. The van der Waals surface area contributed by atoms with Crippen LogP contribution in [0.2, 0.25) is 0 Å². The van der Waals surface area contributed by atoms with Gasteiger partial charge in [0.05, 0.1) is 11.7 Å². The number of likely N-dealkylation sites (N-methyl/N-ethyl adjacent to an activating group) is 1. The molecule has 1 aromatic heterocycles. The molecule has 0 saturated heterocycles. The van der Waals surface area contributed by atoms with Crippen LogP contribution in [0.3, 0.4) is 0 Å². The molecule has 3 rings (SSSR count). The molecular weight excluding hydrogens is 397 g/mol. The van der Waals surface area contributed by atoms with Gasteiger partial charge in [-0.2, -0.15) is 4.37 Å². The van der Waals surface area contributed by atoms with E-state index in [9.17, 15) is 0 Å². The van der Waals surface area contributed by atoms with Gasteiger partial charge in [0.15, 0.2) is 0 Å². The maximum absolute atomic E-state index is 5.81. The number of nitrogens with zero attached hydrogens (tertiary/aromatic N) is 3. The number of hydrogen-bond donors (Lipinski definition) is 0. The smallest absolute Gasteiger partial charge is 0.254 e. The molecule has 0 amide bonds. The third-order valence-corrected chi connectivity index (χ3v) is 3.55. The van der Waals surface area contributed by atoms with Gasteiger partial charge >= 0.3 is 0 Å². The fourth-order valence-electron chi connectivity index (χ4n) is 2.03. The highest BCUT2D eigenvalue weighted by Crippen LogP contribution is 2.26. The third-order valence-electron chi connectivity index (χ3n) is 3.04. The lowest BCUT2D eigenvalue weighted by Crippen LogP contribution is -3.00. The van der Waals surface area contributed by atoms with Gasteiger partial charge in [0.2, 0.25) is 0 Å². The normalized spacial score (nSPS) is 13.6. The molecule has 1 aromatic carbocycles. The van der Waals surface area contributed by atoms with Crippen LogP contribution in [0, 0.1) is 0 Å². The van der Waals surface area contributed by atoms with Gasteiger partial charge in [-0.3, -0.25) is 0 Å². The monoisotopic (exact) mass is 412 g/mol. The van der Waals surface area contributed by atoms with Crippen molar-refractivity contribution in [2.45, 2.75) is 6.61 Å². The number of aromatic nitrogens is 2. The number of rotatable bonds is 4. The van der Waals surface area contributed by atoms with Crippen molar-refractivity contribution in [1.29, 1.82) is 0 Å². The highest BCUT2D eigenvalue weighted by Gasteiger charge is 2.16. The summed E-state index contributed by atoms with van der Waals surface area (Å²) in [6.07, 6.45) is 6.11. The summed E-state index contributed by atoms with van der Waals surface area (Å²) in [5.41, 5.74) is 3.11. The molecule has 0 atom stereocenters. The maximum atomic E-state index is 5.81. The summed E-state index contributed by atoms with van der Waals surface area (Å²) >= 11 is 1.19. The van der Waals surface area contributed by atoms with E-state index in [0.29, 0.717) is 12.5 Å². The highest BCUT2D eigenvalue weighted by molar-refractivity contribution is 6.99. The van der Waals surface area contributed by atoms with Crippen LogP contribution in [-0.4, -0.2) is 27.2 Å². The molecule has 0 fully saturated rings. The summed E-state index contributed by atoms with van der Waals surface area (Å²) in [4.78, 5) is 2.11. The number of allylic oxidation sites excluding steroid dienone is 2. The van der Waals surface area contributed by atoms with Gasteiger partial charge in [0, 0.05) is 19.2 Å². The summed E-state index contributed by atoms with van der Waals surface area (Å²) < 4.78 is 14.4.